The molecule has 2 aromatic rings. The SMILES string of the molecule is C[C@@H](CN)N(Cc1ccccc1)Cc1ccccc1.S. The van der Waals surface area contributed by atoms with Crippen LogP contribution in [0.1, 0.15) is 18.1 Å². The molecule has 0 aromatic heterocycles. The van der Waals surface area contributed by atoms with Crippen LogP contribution in [0, 0.1) is 0 Å². The molecule has 3 heteroatoms. The van der Waals surface area contributed by atoms with Gasteiger partial charge < -0.3 is 5.73 Å². The average Bonchev–Trinajstić information content (AvgIpc) is 2.48. The minimum absolute atomic E-state index is 0. The monoisotopic (exact) mass is 288 g/mol. The van der Waals surface area contributed by atoms with Gasteiger partial charge in [-0.15, -0.1) is 0 Å². The van der Waals surface area contributed by atoms with Crippen LogP contribution in [0.5, 0.6) is 0 Å². The third-order valence-corrected chi connectivity index (χ3v) is 3.42. The van der Waals surface area contributed by atoms with E-state index in [1.165, 1.54) is 11.1 Å². The lowest BCUT2D eigenvalue weighted by molar-refractivity contribution is 0.195. The van der Waals surface area contributed by atoms with Crippen LogP contribution in [0.15, 0.2) is 60.7 Å². The summed E-state index contributed by atoms with van der Waals surface area (Å²) in [5.41, 5.74) is 8.50. The van der Waals surface area contributed by atoms with Gasteiger partial charge in [0, 0.05) is 25.7 Å². The van der Waals surface area contributed by atoms with Gasteiger partial charge in [0.15, 0.2) is 0 Å². The average molecular weight is 288 g/mol. The minimum atomic E-state index is 0. The maximum atomic E-state index is 5.84. The highest BCUT2D eigenvalue weighted by Crippen LogP contribution is 2.12. The second-order valence-corrected chi connectivity index (χ2v) is 4.96. The van der Waals surface area contributed by atoms with Crippen LogP contribution in [0.2, 0.25) is 0 Å². The number of nitrogens with two attached hydrogens (primary N) is 1. The van der Waals surface area contributed by atoms with Crippen LogP contribution in [-0.4, -0.2) is 17.5 Å². The summed E-state index contributed by atoms with van der Waals surface area (Å²) in [5.74, 6) is 0. The van der Waals surface area contributed by atoms with E-state index in [1.54, 1.807) is 0 Å². The van der Waals surface area contributed by atoms with Crippen molar-refractivity contribution in [3.8, 4) is 0 Å². The van der Waals surface area contributed by atoms with Gasteiger partial charge in [-0.25, -0.2) is 0 Å². The second kappa shape index (κ2) is 8.80. The van der Waals surface area contributed by atoms with Gasteiger partial charge in [0.25, 0.3) is 0 Å². The summed E-state index contributed by atoms with van der Waals surface area (Å²) in [6.07, 6.45) is 0. The molecule has 0 saturated heterocycles. The molecule has 0 bridgehead atoms. The van der Waals surface area contributed by atoms with E-state index >= 15 is 0 Å². The molecular formula is C17H24N2S. The van der Waals surface area contributed by atoms with Gasteiger partial charge in [0.05, 0.1) is 0 Å². The largest absolute Gasteiger partial charge is 0.329 e. The van der Waals surface area contributed by atoms with Gasteiger partial charge in [-0.2, -0.15) is 13.5 Å². The van der Waals surface area contributed by atoms with Crippen LogP contribution < -0.4 is 5.73 Å². The van der Waals surface area contributed by atoms with Gasteiger partial charge in [0.2, 0.25) is 0 Å². The zero-order valence-corrected chi connectivity index (χ0v) is 13.0. The maximum absolute atomic E-state index is 5.84. The molecule has 0 aliphatic rings. The summed E-state index contributed by atoms with van der Waals surface area (Å²) in [6, 6.07) is 21.5. The highest BCUT2D eigenvalue weighted by molar-refractivity contribution is 7.59. The first-order chi connectivity index (χ1) is 9.29. The number of nitrogens with zero attached hydrogens (tertiary/aromatic N) is 1. The van der Waals surface area contributed by atoms with Gasteiger partial charge in [0.1, 0.15) is 0 Å². The van der Waals surface area contributed by atoms with Gasteiger partial charge in [-0.3, -0.25) is 4.90 Å². The summed E-state index contributed by atoms with van der Waals surface area (Å²) in [6.45, 7) is 4.74. The van der Waals surface area contributed by atoms with Crippen LogP contribution in [0.4, 0.5) is 0 Å². The van der Waals surface area contributed by atoms with E-state index in [-0.39, 0.29) is 13.5 Å². The van der Waals surface area contributed by atoms with Gasteiger partial charge in [-0.1, -0.05) is 60.7 Å². The molecule has 2 rings (SSSR count). The fraction of sp³-hybridized carbons (Fsp3) is 0.294. The molecule has 2 aromatic carbocycles. The van der Waals surface area contributed by atoms with Crippen LogP contribution in [0.3, 0.4) is 0 Å². The fourth-order valence-corrected chi connectivity index (χ4v) is 2.15. The molecule has 0 saturated carbocycles. The van der Waals surface area contributed by atoms with Crippen LogP contribution in [0.25, 0.3) is 0 Å². The van der Waals surface area contributed by atoms with Crippen molar-refractivity contribution in [3.05, 3.63) is 71.8 Å². The summed E-state index contributed by atoms with van der Waals surface area (Å²) < 4.78 is 0. The minimum Gasteiger partial charge on any atom is -0.329 e. The Morgan fingerprint density at radius 1 is 0.850 bits per heavy atom. The highest BCUT2D eigenvalue weighted by atomic mass is 32.1. The molecule has 108 valence electrons. The van der Waals surface area contributed by atoms with Crippen molar-refractivity contribution in [1.82, 2.24) is 4.90 Å². The van der Waals surface area contributed by atoms with E-state index in [1.807, 2.05) is 0 Å². The van der Waals surface area contributed by atoms with Crippen molar-refractivity contribution in [2.45, 2.75) is 26.1 Å². The quantitative estimate of drug-likeness (QED) is 0.885. The molecule has 0 aliphatic carbocycles. The molecule has 20 heavy (non-hydrogen) atoms. The molecule has 2 nitrogen and oxygen atoms in total. The maximum Gasteiger partial charge on any atom is 0.0240 e. The van der Waals surface area contributed by atoms with E-state index in [4.69, 9.17) is 5.73 Å². The van der Waals surface area contributed by atoms with E-state index in [0.29, 0.717) is 12.6 Å². The molecular weight excluding hydrogens is 264 g/mol. The molecule has 0 fully saturated rings. The Balaban J connectivity index is 0.00000200. The Hall–Kier alpha value is -1.29. The van der Waals surface area contributed by atoms with Gasteiger partial charge in [-0.05, 0) is 18.1 Å². The third kappa shape index (κ3) is 5.00. The number of hydrogen-bond donors (Lipinski definition) is 1. The molecule has 0 radical (unpaired) electrons. The zero-order chi connectivity index (χ0) is 13.5. The highest BCUT2D eigenvalue weighted by Gasteiger charge is 2.13. The summed E-state index contributed by atoms with van der Waals surface area (Å²) in [7, 11) is 0. The van der Waals surface area contributed by atoms with Crippen molar-refractivity contribution in [3.63, 3.8) is 0 Å². The lowest BCUT2D eigenvalue weighted by Crippen LogP contribution is -2.37. The molecule has 0 heterocycles. The van der Waals surface area contributed by atoms with Crippen molar-refractivity contribution in [2.75, 3.05) is 6.54 Å². The Bertz CT molecular complexity index is 431. The molecule has 1 atom stereocenters. The van der Waals surface area contributed by atoms with Crippen molar-refractivity contribution < 1.29 is 0 Å². The van der Waals surface area contributed by atoms with Crippen LogP contribution >= 0.6 is 13.5 Å². The topological polar surface area (TPSA) is 29.3 Å². The standard InChI is InChI=1S/C17H22N2.H2S/c1-15(12-18)19(13-16-8-4-2-5-9-16)14-17-10-6-3-7-11-17;/h2-11,15H,12-14,18H2,1H3;1H2/t15-;/m0./s1. The molecule has 0 amide bonds. The van der Waals surface area contributed by atoms with Crippen molar-refractivity contribution in [1.29, 1.82) is 0 Å². The Morgan fingerprint density at radius 2 is 1.25 bits per heavy atom. The first-order valence-corrected chi connectivity index (χ1v) is 6.81. The lowest BCUT2D eigenvalue weighted by Gasteiger charge is -2.28. The smallest absolute Gasteiger partial charge is 0.0240 e. The normalized spacial score (nSPS) is 11.9. The van der Waals surface area contributed by atoms with E-state index in [2.05, 4.69) is 72.5 Å². The molecule has 0 aliphatic heterocycles. The molecule has 0 unspecified atom stereocenters. The van der Waals surface area contributed by atoms with Crippen molar-refractivity contribution in [2.24, 2.45) is 5.73 Å². The molecule has 2 N–H and O–H groups in total. The number of hydrogen-bond acceptors (Lipinski definition) is 2. The van der Waals surface area contributed by atoms with Gasteiger partial charge >= 0.3 is 0 Å². The Kier molecular flexibility index (Phi) is 7.37. The second-order valence-electron chi connectivity index (χ2n) is 4.96. The first kappa shape index (κ1) is 16.8. The number of rotatable bonds is 6. The van der Waals surface area contributed by atoms with Crippen LogP contribution in [-0.2, 0) is 13.1 Å². The molecule has 0 spiro atoms. The summed E-state index contributed by atoms with van der Waals surface area (Å²) in [4.78, 5) is 2.42. The zero-order valence-electron chi connectivity index (χ0n) is 12.0. The summed E-state index contributed by atoms with van der Waals surface area (Å²) in [5, 5.41) is 0. The third-order valence-electron chi connectivity index (χ3n) is 3.42. The summed E-state index contributed by atoms with van der Waals surface area (Å²) >= 11 is 0. The predicted octanol–water partition coefficient (Wildman–Crippen LogP) is 3.15. The van der Waals surface area contributed by atoms with E-state index in [0.717, 1.165) is 13.1 Å². The predicted molar refractivity (Wildman–Crippen MR) is 91.0 cm³/mol. The van der Waals surface area contributed by atoms with Crippen molar-refractivity contribution >= 4 is 13.5 Å². The Labute approximate surface area is 129 Å². The van der Waals surface area contributed by atoms with E-state index in [9.17, 15) is 0 Å². The fourth-order valence-electron chi connectivity index (χ4n) is 2.15. The number of benzene rings is 2. The first-order valence-electron chi connectivity index (χ1n) is 6.81. The Morgan fingerprint density at radius 3 is 1.60 bits per heavy atom. The van der Waals surface area contributed by atoms with E-state index < -0.39 is 0 Å². The lowest BCUT2D eigenvalue weighted by atomic mass is 10.1.